The molecule has 0 spiro atoms. The number of rotatable bonds is 5. The van der Waals surface area contributed by atoms with Gasteiger partial charge in [0.05, 0.1) is 16.8 Å². The highest BCUT2D eigenvalue weighted by molar-refractivity contribution is 6.04. The Bertz CT molecular complexity index is 938. The maximum Gasteiger partial charge on any atom is 0.253 e. The number of piperidine rings is 1. The van der Waals surface area contributed by atoms with Crippen LogP contribution in [0.1, 0.15) is 41.6 Å². The highest BCUT2D eigenvalue weighted by Gasteiger charge is 2.28. The number of nitriles is 1. The fraction of sp³-hybridized carbons (Fsp3) is 0.364. The number of anilines is 2. The van der Waals surface area contributed by atoms with Gasteiger partial charge >= 0.3 is 0 Å². The van der Waals surface area contributed by atoms with Crippen LogP contribution in [0.3, 0.4) is 0 Å². The van der Waals surface area contributed by atoms with Crippen LogP contribution in [-0.2, 0) is 4.79 Å². The predicted octanol–water partition coefficient (Wildman–Crippen LogP) is 2.70. The highest BCUT2D eigenvalue weighted by atomic mass is 16.2. The second-order valence-corrected chi connectivity index (χ2v) is 7.56. The lowest BCUT2D eigenvalue weighted by Crippen LogP contribution is -2.38. The number of nitrogens with one attached hydrogen (secondary N) is 2. The van der Waals surface area contributed by atoms with Crippen LogP contribution in [0.15, 0.2) is 42.6 Å². The molecule has 1 aromatic heterocycles. The van der Waals surface area contributed by atoms with Gasteiger partial charge in [-0.1, -0.05) is 12.1 Å². The molecule has 148 valence electrons. The molecule has 2 amide bonds. The van der Waals surface area contributed by atoms with Gasteiger partial charge in [-0.25, -0.2) is 4.98 Å². The van der Waals surface area contributed by atoms with Gasteiger partial charge in [-0.3, -0.25) is 9.59 Å². The Morgan fingerprint density at radius 1 is 1.07 bits per heavy atom. The SMILES string of the molecule is N#Cc1ccc(N2CCC(C(=O)Nc3ccccc3C(=O)NC3CC3)CC2)nc1. The van der Waals surface area contributed by atoms with Crippen molar-refractivity contribution >= 4 is 23.3 Å². The van der Waals surface area contributed by atoms with Crippen molar-refractivity contribution in [2.45, 2.75) is 31.7 Å². The molecule has 0 bridgehead atoms. The number of carbonyl (C=O) groups excluding carboxylic acids is 2. The number of amides is 2. The van der Waals surface area contributed by atoms with E-state index >= 15 is 0 Å². The molecule has 2 aliphatic rings. The number of benzene rings is 1. The Kier molecular flexibility index (Phi) is 5.43. The van der Waals surface area contributed by atoms with Gasteiger partial charge in [0.15, 0.2) is 0 Å². The first kappa shape index (κ1) is 18.9. The molecular formula is C22H23N5O2. The summed E-state index contributed by atoms with van der Waals surface area (Å²) >= 11 is 0. The number of aromatic nitrogens is 1. The quantitative estimate of drug-likeness (QED) is 0.819. The third-order valence-electron chi connectivity index (χ3n) is 5.41. The summed E-state index contributed by atoms with van der Waals surface area (Å²) in [5.74, 6) is 0.531. The first-order chi connectivity index (χ1) is 14.1. The normalized spacial score (nSPS) is 16.7. The monoisotopic (exact) mass is 389 g/mol. The van der Waals surface area contributed by atoms with Crippen molar-refractivity contribution in [3.05, 3.63) is 53.7 Å². The Morgan fingerprint density at radius 3 is 2.48 bits per heavy atom. The number of hydrogen-bond acceptors (Lipinski definition) is 5. The van der Waals surface area contributed by atoms with Gasteiger partial charge in [0, 0.05) is 31.2 Å². The summed E-state index contributed by atoms with van der Waals surface area (Å²) in [6, 6.07) is 13.1. The van der Waals surface area contributed by atoms with E-state index in [1.807, 2.05) is 12.1 Å². The second-order valence-electron chi connectivity index (χ2n) is 7.56. The van der Waals surface area contributed by atoms with Crippen LogP contribution < -0.4 is 15.5 Å². The van der Waals surface area contributed by atoms with Crippen molar-refractivity contribution < 1.29 is 9.59 Å². The van der Waals surface area contributed by atoms with Crippen LogP contribution in [0.5, 0.6) is 0 Å². The Labute approximate surface area is 169 Å². The van der Waals surface area contributed by atoms with Crippen molar-refractivity contribution in [2.24, 2.45) is 5.92 Å². The third kappa shape index (κ3) is 4.54. The number of pyridine rings is 1. The van der Waals surface area contributed by atoms with Crippen LogP contribution in [0.4, 0.5) is 11.5 Å². The minimum atomic E-state index is -0.134. The van der Waals surface area contributed by atoms with Gasteiger partial charge in [-0.05, 0) is 49.9 Å². The molecule has 0 radical (unpaired) electrons. The van der Waals surface area contributed by atoms with Gasteiger partial charge in [0.1, 0.15) is 11.9 Å². The molecule has 7 nitrogen and oxygen atoms in total. The zero-order valence-corrected chi connectivity index (χ0v) is 16.1. The van der Waals surface area contributed by atoms with E-state index in [0.29, 0.717) is 29.7 Å². The molecular weight excluding hydrogens is 366 g/mol. The molecule has 2 N–H and O–H groups in total. The lowest BCUT2D eigenvalue weighted by atomic mass is 9.95. The van der Waals surface area contributed by atoms with Gasteiger partial charge < -0.3 is 15.5 Å². The fourth-order valence-corrected chi connectivity index (χ4v) is 3.53. The van der Waals surface area contributed by atoms with E-state index < -0.39 is 0 Å². The summed E-state index contributed by atoms with van der Waals surface area (Å²) in [6.45, 7) is 1.45. The lowest BCUT2D eigenvalue weighted by Gasteiger charge is -2.32. The number of hydrogen-bond donors (Lipinski definition) is 2. The summed E-state index contributed by atoms with van der Waals surface area (Å²) in [7, 11) is 0. The average molecular weight is 389 g/mol. The zero-order chi connectivity index (χ0) is 20.2. The van der Waals surface area contributed by atoms with Crippen molar-refractivity contribution in [1.82, 2.24) is 10.3 Å². The minimum absolute atomic E-state index is 0.0518. The van der Waals surface area contributed by atoms with E-state index in [0.717, 1.165) is 31.7 Å². The largest absolute Gasteiger partial charge is 0.357 e. The molecule has 29 heavy (non-hydrogen) atoms. The van der Waals surface area contributed by atoms with Gasteiger partial charge in [0.25, 0.3) is 5.91 Å². The van der Waals surface area contributed by atoms with Crippen molar-refractivity contribution in [2.75, 3.05) is 23.3 Å². The van der Waals surface area contributed by atoms with Crippen LogP contribution in [0.2, 0.25) is 0 Å². The number of carbonyl (C=O) groups is 2. The molecule has 0 unspecified atom stereocenters. The molecule has 1 aliphatic carbocycles. The highest BCUT2D eigenvalue weighted by Crippen LogP contribution is 2.25. The molecule has 1 saturated carbocycles. The minimum Gasteiger partial charge on any atom is -0.357 e. The van der Waals surface area contributed by atoms with E-state index in [2.05, 4.69) is 26.6 Å². The van der Waals surface area contributed by atoms with E-state index in [9.17, 15) is 9.59 Å². The van der Waals surface area contributed by atoms with Crippen LogP contribution >= 0.6 is 0 Å². The molecule has 1 aromatic carbocycles. The van der Waals surface area contributed by atoms with Crippen LogP contribution in [0, 0.1) is 17.2 Å². The summed E-state index contributed by atoms with van der Waals surface area (Å²) in [4.78, 5) is 31.7. The van der Waals surface area contributed by atoms with E-state index in [1.165, 1.54) is 0 Å². The second kappa shape index (κ2) is 8.31. The van der Waals surface area contributed by atoms with Gasteiger partial charge in [-0.15, -0.1) is 0 Å². The topological polar surface area (TPSA) is 98.1 Å². The number of nitrogens with zero attached hydrogens (tertiary/aromatic N) is 3. The van der Waals surface area contributed by atoms with Crippen LogP contribution in [-0.4, -0.2) is 35.9 Å². The smallest absolute Gasteiger partial charge is 0.253 e. The molecule has 1 saturated heterocycles. The summed E-state index contributed by atoms with van der Waals surface area (Å²) in [5, 5.41) is 14.8. The summed E-state index contributed by atoms with van der Waals surface area (Å²) in [6.07, 6.45) is 5.03. The molecule has 2 heterocycles. The van der Waals surface area contributed by atoms with Gasteiger partial charge in [-0.2, -0.15) is 5.26 Å². The Morgan fingerprint density at radius 2 is 1.83 bits per heavy atom. The Balaban J connectivity index is 1.35. The fourth-order valence-electron chi connectivity index (χ4n) is 3.53. The predicted molar refractivity (Wildman–Crippen MR) is 109 cm³/mol. The lowest BCUT2D eigenvalue weighted by molar-refractivity contribution is -0.120. The standard InChI is InChI=1S/C22H23N5O2/c23-13-15-5-8-20(24-14-15)27-11-9-16(10-12-27)21(28)26-19-4-2-1-3-18(19)22(29)25-17-6-7-17/h1-5,8,14,16-17H,6-7,9-12H2,(H,25,29)(H,26,28). The van der Waals surface area contributed by atoms with E-state index in [4.69, 9.17) is 5.26 Å². The van der Waals surface area contributed by atoms with E-state index in [-0.39, 0.29) is 23.8 Å². The van der Waals surface area contributed by atoms with E-state index in [1.54, 1.807) is 30.5 Å². The molecule has 7 heteroatoms. The molecule has 2 fully saturated rings. The molecule has 2 aromatic rings. The molecule has 4 rings (SSSR count). The Hall–Kier alpha value is -3.40. The van der Waals surface area contributed by atoms with Crippen molar-refractivity contribution in [3.8, 4) is 6.07 Å². The maximum atomic E-state index is 12.8. The van der Waals surface area contributed by atoms with Crippen molar-refractivity contribution in [1.29, 1.82) is 5.26 Å². The average Bonchev–Trinajstić information content (AvgIpc) is 3.58. The summed E-state index contributed by atoms with van der Waals surface area (Å²) in [5.41, 5.74) is 1.60. The van der Waals surface area contributed by atoms with Gasteiger partial charge in [0.2, 0.25) is 5.91 Å². The van der Waals surface area contributed by atoms with Crippen molar-refractivity contribution in [3.63, 3.8) is 0 Å². The zero-order valence-electron chi connectivity index (χ0n) is 16.1. The maximum absolute atomic E-state index is 12.8. The molecule has 0 atom stereocenters. The molecule has 1 aliphatic heterocycles. The first-order valence-corrected chi connectivity index (χ1v) is 9.96. The van der Waals surface area contributed by atoms with Crippen LogP contribution in [0.25, 0.3) is 0 Å². The first-order valence-electron chi connectivity index (χ1n) is 9.96. The third-order valence-corrected chi connectivity index (χ3v) is 5.41. The number of para-hydroxylation sites is 1. The summed E-state index contributed by atoms with van der Waals surface area (Å²) < 4.78 is 0.